The largest absolute Gasteiger partial charge is 0.464 e. The first kappa shape index (κ1) is 17.2. The van der Waals surface area contributed by atoms with E-state index in [2.05, 4.69) is 15.2 Å². The molecule has 0 saturated heterocycles. The van der Waals surface area contributed by atoms with Crippen LogP contribution in [0.3, 0.4) is 0 Å². The topological polar surface area (TPSA) is 99.5 Å². The Morgan fingerprint density at radius 2 is 1.83 bits per heavy atom. The van der Waals surface area contributed by atoms with Crippen molar-refractivity contribution in [3.8, 4) is 0 Å². The average Bonchev–Trinajstić information content (AvgIpc) is 2.97. The summed E-state index contributed by atoms with van der Waals surface area (Å²) < 4.78 is 10.8. The number of amides is 1. The minimum absolute atomic E-state index is 0.0763. The fourth-order valence-corrected chi connectivity index (χ4v) is 1.97. The Kier molecular flexibility index (Phi) is 5.31. The molecule has 0 aliphatic heterocycles. The summed E-state index contributed by atoms with van der Waals surface area (Å²) in [6, 6.07) is 7.59. The van der Waals surface area contributed by atoms with Crippen LogP contribution in [0, 0.1) is 0 Å². The van der Waals surface area contributed by atoms with Crippen LogP contribution >= 0.6 is 0 Å². The van der Waals surface area contributed by atoms with Gasteiger partial charge in [0.15, 0.2) is 5.69 Å². The SMILES string of the molecule is CCOC(=O)c1ccc(NC(=O)c2cc(C(=O)OC)n(C)n2)cc1. The minimum Gasteiger partial charge on any atom is -0.464 e. The highest BCUT2D eigenvalue weighted by molar-refractivity contribution is 6.04. The number of carbonyl (C=O) groups is 3. The fourth-order valence-electron chi connectivity index (χ4n) is 1.97. The summed E-state index contributed by atoms with van der Waals surface area (Å²) in [7, 11) is 2.79. The molecule has 0 aliphatic carbocycles. The van der Waals surface area contributed by atoms with Crippen LogP contribution in [0.2, 0.25) is 0 Å². The Morgan fingerprint density at radius 1 is 1.17 bits per heavy atom. The number of methoxy groups -OCH3 is 1. The second-order valence-corrected chi connectivity index (χ2v) is 4.78. The molecule has 0 saturated carbocycles. The molecule has 0 aliphatic rings. The molecule has 1 heterocycles. The first-order valence-corrected chi connectivity index (χ1v) is 7.17. The highest BCUT2D eigenvalue weighted by Gasteiger charge is 2.18. The first-order chi connectivity index (χ1) is 11.5. The third-order valence-corrected chi connectivity index (χ3v) is 3.16. The highest BCUT2D eigenvalue weighted by Crippen LogP contribution is 2.13. The van der Waals surface area contributed by atoms with Crippen LogP contribution in [-0.2, 0) is 16.5 Å². The van der Waals surface area contributed by atoms with Gasteiger partial charge in [0.1, 0.15) is 5.69 Å². The van der Waals surface area contributed by atoms with Crippen LogP contribution in [0.15, 0.2) is 30.3 Å². The molecule has 2 rings (SSSR count). The van der Waals surface area contributed by atoms with Crippen LogP contribution < -0.4 is 5.32 Å². The van der Waals surface area contributed by atoms with Crippen molar-refractivity contribution in [3.05, 3.63) is 47.3 Å². The van der Waals surface area contributed by atoms with Crippen LogP contribution in [0.1, 0.15) is 38.3 Å². The van der Waals surface area contributed by atoms with Gasteiger partial charge in [0, 0.05) is 18.8 Å². The van der Waals surface area contributed by atoms with Crippen molar-refractivity contribution in [2.75, 3.05) is 19.0 Å². The normalized spacial score (nSPS) is 10.1. The van der Waals surface area contributed by atoms with E-state index in [0.717, 1.165) is 0 Å². The standard InChI is InChI=1S/C16H17N3O5/c1-4-24-15(21)10-5-7-11(8-6-10)17-14(20)12-9-13(16(22)23-3)19(2)18-12/h5-9H,4H2,1-3H3,(H,17,20). The van der Waals surface area contributed by atoms with Crippen molar-refractivity contribution in [2.45, 2.75) is 6.92 Å². The van der Waals surface area contributed by atoms with Gasteiger partial charge < -0.3 is 14.8 Å². The molecule has 2 aromatic rings. The molecule has 1 aromatic carbocycles. The Balaban J connectivity index is 2.10. The van der Waals surface area contributed by atoms with Crippen LogP contribution in [-0.4, -0.2) is 41.3 Å². The number of nitrogens with one attached hydrogen (secondary N) is 1. The van der Waals surface area contributed by atoms with Crippen molar-refractivity contribution >= 4 is 23.5 Å². The van der Waals surface area contributed by atoms with Gasteiger partial charge in [-0.2, -0.15) is 5.10 Å². The maximum atomic E-state index is 12.2. The lowest BCUT2D eigenvalue weighted by Crippen LogP contribution is -2.13. The van der Waals surface area contributed by atoms with Crippen molar-refractivity contribution in [2.24, 2.45) is 7.05 Å². The van der Waals surface area contributed by atoms with Crippen LogP contribution in [0.4, 0.5) is 5.69 Å². The Bertz CT molecular complexity index is 765. The lowest BCUT2D eigenvalue weighted by Gasteiger charge is -2.05. The molecule has 0 unspecified atom stereocenters. The molecule has 8 nitrogen and oxygen atoms in total. The minimum atomic E-state index is -0.581. The summed E-state index contributed by atoms with van der Waals surface area (Å²) in [5.74, 6) is -1.49. The average molecular weight is 331 g/mol. The predicted octanol–water partition coefficient (Wildman–Crippen LogP) is 1.64. The number of nitrogens with zero attached hydrogens (tertiary/aromatic N) is 2. The van der Waals surface area contributed by atoms with Gasteiger partial charge in [-0.05, 0) is 31.2 Å². The lowest BCUT2D eigenvalue weighted by molar-refractivity contribution is 0.0525. The molecule has 0 radical (unpaired) electrons. The number of anilines is 1. The van der Waals surface area contributed by atoms with E-state index in [9.17, 15) is 14.4 Å². The molecular formula is C16H17N3O5. The summed E-state index contributed by atoms with van der Waals surface area (Å²) in [6.45, 7) is 2.02. The number of esters is 2. The quantitative estimate of drug-likeness (QED) is 0.836. The van der Waals surface area contributed by atoms with Gasteiger partial charge >= 0.3 is 11.9 Å². The zero-order chi connectivity index (χ0) is 17.7. The maximum absolute atomic E-state index is 12.2. The molecule has 1 amide bonds. The zero-order valence-electron chi connectivity index (χ0n) is 13.5. The van der Waals surface area contributed by atoms with Gasteiger partial charge in [-0.3, -0.25) is 9.48 Å². The summed E-state index contributed by atoms with van der Waals surface area (Å²) in [5.41, 5.74) is 1.12. The Labute approximate surface area is 138 Å². The zero-order valence-corrected chi connectivity index (χ0v) is 13.5. The smallest absolute Gasteiger partial charge is 0.356 e. The van der Waals surface area contributed by atoms with Crippen molar-refractivity contribution in [3.63, 3.8) is 0 Å². The van der Waals surface area contributed by atoms with E-state index in [1.165, 1.54) is 24.9 Å². The second-order valence-electron chi connectivity index (χ2n) is 4.78. The monoisotopic (exact) mass is 331 g/mol. The summed E-state index contributed by atoms with van der Waals surface area (Å²) >= 11 is 0. The van der Waals surface area contributed by atoms with Gasteiger partial charge in [0.05, 0.1) is 19.3 Å². The Hall–Kier alpha value is -3.16. The summed E-state index contributed by atoms with van der Waals surface area (Å²) in [5, 5.41) is 6.61. The van der Waals surface area contributed by atoms with Crippen LogP contribution in [0.25, 0.3) is 0 Å². The molecule has 1 N–H and O–H groups in total. The van der Waals surface area contributed by atoms with Gasteiger partial charge in [-0.15, -0.1) is 0 Å². The summed E-state index contributed by atoms with van der Waals surface area (Å²) in [6.07, 6.45) is 0. The number of benzene rings is 1. The lowest BCUT2D eigenvalue weighted by atomic mass is 10.2. The van der Waals surface area contributed by atoms with Gasteiger partial charge in [0.2, 0.25) is 0 Å². The second kappa shape index (κ2) is 7.40. The number of hydrogen-bond acceptors (Lipinski definition) is 6. The maximum Gasteiger partial charge on any atom is 0.356 e. The van der Waals surface area contributed by atoms with Crippen molar-refractivity contribution < 1.29 is 23.9 Å². The predicted molar refractivity (Wildman–Crippen MR) is 84.9 cm³/mol. The molecule has 0 fully saturated rings. The van der Waals surface area contributed by atoms with E-state index in [-0.39, 0.29) is 11.4 Å². The number of hydrogen-bond donors (Lipinski definition) is 1. The third kappa shape index (κ3) is 3.78. The Morgan fingerprint density at radius 3 is 2.42 bits per heavy atom. The number of aryl methyl sites for hydroxylation is 1. The van der Waals surface area contributed by atoms with Crippen LogP contribution in [0.5, 0.6) is 0 Å². The van der Waals surface area contributed by atoms with Crippen molar-refractivity contribution in [1.82, 2.24) is 9.78 Å². The molecule has 0 spiro atoms. The molecule has 0 bridgehead atoms. The molecule has 24 heavy (non-hydrogen) atoms. The highest BCUT2D eigenvalue weighted by atomic mass is 16.5. The fraction of sp³-hybridized carbons (Fsp3) is 0.250. The number of aromatic nitrogens is 2. The van der Waals surface area contributed by atoms with Crippen molar-refractivity contribution in [1.29, 1.82) is 0 Å². The molecule has 126 valence electrons. The van der Waals surface area contributed by atoms with E-state index < -0.39 is 17.8 Å². The third-order valence-electron chi connectivity index (χ3n) is 3.16. The number of rotatable bonds is 5. The van der Waals surface area contributed by atoms with E-state index in [1.807, 2.05) is 0 Å². The van der Waals surface area contributed by atoms with E-state index in [4.69, 9.17) is 4.74 Å². The number of carbonyl (C=O) groups excluding carboxylic acids is 3. The molecule has 0 atom stereocenters. The van der Waals surface area contributed by atoms with Gasteiger partial charge in [0.25, 0.3) is 5.91 Å². The van der Waals surface area contributed by atoms with Gasteiger partial charge in [-0.25, -0.2) is 9.59 Å². The van der Waals surface area contributed by atoms with E-state index in [1.54, 1.807) is 31.2 Å². The van der Waals surface area contributed by atoms with Gasteiger partial charge in [-0.1, -0.05) is 0 Å². The molecule has 8 heteroatoms. The molecule has 1 aromatic heterocycles. The van der Waals surface area contributed by atoms with E-state index in [0.29, 0.717) is 17.9 Å². The summed E-state index contributed by atoms with van der Waals surface area (Å²) in [4.78, 5) is 35.3. The van der Waals surface area contributed by atoms with E-state index >= 15 is 0 Å². The number of ether oxygens (including phenoxy) is 2. The first-order valence-electron chi connectivity index (χ1n) is 7.17. The molecular weight excluding hydrogens is 314 g/mol.